The fourth-order valence-electron chi connectivity index (χ4n) is 3.68. The molecule has 0 bridgehead atoms. The molecule has 2 aromatic rings. The summed E-state index contributed by atoms with van der Waals surface area (Å²) < 4.78 is 46.2. The van der Waals surface area contributed by atoms with E-state index in [1.54, 1.807) is 19.2 Å². The predicted octanol–water partition coefficient (Wildman–Crippen LogP) is 3.20. The lowest BCUT2D eigenvalue weighted by Crippen LogP contribution is -2.32. The second kappa shape index (κ2) is 7.53. The zero-order valence-electron chi connectivity index (χ0n) is 16.0. The number of carbonyl (C=O) groups is 1. The molecule has 0 aliphatic carbocycles. The molecule has 2 aliphatic heterocycles. The Balaban J connectivity index is 1.54. The number of halogens is 3. The average molecular weight is 406 g/mol. The number of carbonyl (C=O) groups excluding carboxylic acids is 1. The first kappa shape index (κ1) is 19.5. The molecule has 0 unspecified atom stereocenters. The van der Waals surface area contributed by atoms with Crippen LogP contribution in [0.1, 0.15) is 35.0 Å². The highest BCUT2D eigenvalue weighted by Crippen LogP contribution is 2.32. The van der Waals surface area contributed by atoms with Crippen LogP contribution in [-0.2, 0) is 17.7 Å². The minimum Gasteiger partial charge on any atom is -0.461 e. The van der Waals surface area contributed by atoms with Gasteiger partial charge in [-0.3, -0.25) is 0 Å². The molecule has 1 fully saturated rings. The van der Waals surface area contributed by atoms with E-state index in [9.17, 15) is 18.0 Å². The third kappa shape index (κ3) is 4.13. The van der Waals surface area contributed by atoms with E-state index in [-0.39, 0.29) is 31.1 Å². The molecule has 4 heterocycles. The molecular formula is C20H21F3N4O2. The van der Waals surface area contributed by atoms with Gasteiger partial charge in [-0.15, -0.1) is 0 Å². The van der Waals surface area contributed by atoms with Crippen LogP contribution in [0.15, 0.2) is 24.4 Å². The van der Waals surface area contributed by atoms with E-state index in [1.165, 1.54) is 17.0 Å². The third-order valence-electron chi connectivity index (χ3n) is 5.16. The maximum atomic E-state index is 14.2. The van der Waals surface area contributed by atoms with Crippen LogP contribution in [0.3, 0.4) is 0 Å². The van der Waals surface area contributed by atoms with Gasteiger partial charge in [-0.2, -0.15) is 0 Å². The summed E-state index contributed by atoms with van der Waals surface area (Å²) in [5, 5.41) is 0. The zero-order valence-corrected chi connectivity index (χ0v) is 16.0. The van der Waals surface area contributed by atoms with Gasteiger partial charge in [0.1, 0.15) is 23.1 Å². The number of fused-ring (bicyclic) bond motifs is 1. The molecule has 1 saturated heterocycles. The highest BCUT2D eigenvalue weighted by molar-refractivity contribution is 5.87. The van der Waals surface area contributed by atoms with Gasteiger partial charge >= 0.3 is 5.97 Å². The van der Waals surface area contributed by atoms with Crippen LogP contribution in [-0.4, -0.2) is 48.1 Å². The molecular weight excluding hydrogens is 385 g/mol. The number of ether oxygens (including phenoxy) is 1. The number of nitrogens with zero attached hydrogens (tertiary/aromatic N) is 4. The van der Waals surface area contributed by atoms with Gasteiger partial charge < -0.3 is 14.5 Å². The van der Waals surface area contributed by atoms with E-state index in [0.29, 0.717) is 25.3 Å². The average Bonchev–Trinajstić information content (AvgIpc) is 3.06. The van der Waals surface area contributed by atoms with Gasteiger partial charge in [0.15, 0.2) is 0 Å². The van der Waals surface area contributed by atoms with Crippen molar-refractivity contribution in [2.75, 3.05) is 36.0 Å². The molecule has 0 spiro atoms. The summed E-state index contributed by atoms with van der Waals surface area (Å²) in [6, 6.07) is 4.22. The highest BCUT2D eigenvalue weighted by atomic mass is 19.3. The maximum absolute atomic E-state index is 14.2. The zero-order chi connectivity index (χ0) is 20.6. The Kier molecular flexibility index (Phi) is 5.06. The molecule has 0 radical (unpaired) electrons. The second-order valence-corrected chi connectivity index (χ2v) is 7.26. The van der Waals surface area contributed by atoms with Crippen molar-refractivity contribution in [3.63, 3.8) is 0 Å². The summed E-state index contributed by atoms with van der Waals surface area (Å²) in [7, 11) is 0. The maximum Gasteiger partial charge on any atom is 0.356 e. The summed E-state index contributed by atoms with van der Waals surface area (Å²) in [4.78, 5) is 23.8. The van der Waals surface area contributed by atoms with Crippen molar-refractivity contribution in [3.8, 4) is 0 Å². The van der Waals surface area contributed by atoms with Crippen molar-refractivity contribution in [2.45, 2.75) is 32.2 Å². The lowest BCUT2D eigenvalue weighted by molar-refractivity contribution is 0.0256. The van der Waals surface area contributed by atoms with E-state index in [2.05, 4.69) is 9.97 Å². The second-order valence-electron chi connectivity index (χ2n) is 7.26. The van der Waals surface area contributed by atoms with E-state index in [0.717, 1.165) is 11.1 Å². The number of hydrogen-bond acceptors (Lipinski definition) is 6. The summed E-state index contributed by atoms with van der Waals surface area (Å²) in [5.41, 5.74) is 2.15. The minimum atomic E-state index is -2.78. The Labute approximate surface area is 166 Å². The standard InChI is InChI=1S/C20H21F3N4O2/c1-2-29-19(28)16-7-13-3-5-26(11-14(13)10-24-16)17-8-15(21)9-18(25-17)27-6-4-20(22,23)12-27/h7-10H,2-6,11-12H2,1H3. The lowest BCUT2D eigenvalue weighted by atomic mass is 10.0. The van der Waals surface area contributed by atoms with Crippen LogP contribution in [0.25, 0.3) is 0 Å². The smallest absolute Gasteiger partial charge is 0.356 e. The minimum absolute atomic E-state index is 0.145. The fraction of sp³-hybridized carbons (Fsp3) is 0.450. The van der Waals surface area contributed by atoms with Crippen molar-refractivity contribution in [2.24, 2.45) is 0 Å². The molecule has 29 heavy (non-hydrogen) atoms. The molecule has 0 saturated carbocycles. The molecule has 6 nitrogen and oxygen atoms in total. The molecule has 0 atom stereocenters. The van der Waals surface area contributed by atoms with Crippen molar-refractivity contribution >= 4 is 17.6 Å². The quantitative estimate of drug-likeness (QED) is 0.727. The first-order valence-electron chi connectivity index (χ1n) is 9.55. The molecule has 154 valence electrons. The first-order chi connectivity index (χ1) is 13.8. The number of alkyl halides is 2. The van der Waals surface area contributed by atoms with Crippen LogP contribution in [0.2, 0.25) is 0 Å². The van der Waals surface area contributed by atoms with Gasteiger partial charge in [0.25, 0.3) is 5.92 Å². The van der Waals surface area contributed by atoms with E-state index >= 15 is 0 Å². The largest absolute Gasteiger partial charge is 0.461 e. The van der Waals surface area contributed by atoms with Crippen LogP contribution in [0.5, 0.6) is 0 Å². The first-order valence-corrected chi connectivity index (χ1v) is 9.55. The van der Waals surface area contributed by atoms with Crippen LogP contribution >= 0.6 is 0 Å². The van der Waals surface area contributed by atoms with Crippen molar-refractivity contribution in [3.05, 3.63) is 47.0 Å². The van der Waals surface area contributed by atoms with Gasteiger partial charge in [0.2, 0.25) is 0 Å². The van der Waals surface area contributed by atoms with Gasteiger partial charge in [-0.1, -0.05) is 0 Å². The third-order valence-corrected chi connectivity index (χ3v) is 5.16. The summed E-state index contributed by atoms with van der Waals surface area (Å²) in [5.74, 6) is -3.13. The van der Waals surface area contributed by atoms with Gasteiger partial charge in [0, 0.05) is 44.4 Å². The van der Waals surface area contributed by atoms with Crippen LogP contribution in [0, 0.1) is 5.82 Å². The molecule has 2 aliphatic rings. The van der Waals surface area contributed by atoms with Gasteiger partial charge in [-0.25, -0.2) is 27.9 Å². The van der Waals surface area contributed by atoms with E-state index in [1.807, 2.05) is 4.90 Å². The summed E-state index contributed by atoms with van der Waals surface area (Å²) in [6.45, 7) is 2.71. The molecule has 4 rings (SSSR count). The highest BCUT2D eigenvalue weighted by Gasteiger charge is 2.39. The predicted molar refractivity (Wildman–Crippen MR) is 101 cm³/mol. The number of hydrogen-bond donors (Lipinski definition) is 0. The Hall–Kier alpha value is -2.84. The van der Waals surface area contributed by atoms with Crippen molar-refractivity contribution < 1.29 is 22.7 Å². The Morgan fingerprint density at radius 2 is 1.93 bits per heavy atom. The number of esters is 1. The lowest BCUT2D eigenvalue weighted by Gasteiger charge is -2.30. The molecule has 2 aromatic heterocycles. The summed E-state index contributed by atoms with van der Waals surface area (Å²) >= 11 is 0. The normalized spacial score (nSPS) is 17.9. The SMILES string of the molecule is CCOC(=O)c1cc2c(cn1)CN(c1cc(F)cc(N3CCC(F)(F)C3)n1)CC2. The molecule has 9 heteroatoms. The van der Waals surface area contributed by atoms with E-state index < -0.39 is 24.3 Å². The van der Waals surface area contributed by atoms with Crippen molar-refractivity contribution in [1.82, 2.24) is 9.97 Å². The van der Waals surface area contributed by atoms with Gasteiger partial charge in [-0.05, 0) is 30.5 Å². The molecule has 0 N–H and O–H groups in total. The summed E-state index contributed by atoms with van der Waals surface area (Å²) in [6.07, 6.45) is 1.99. The number of aromatic nitrogens is 2. The molecule has 0 aromatic carbocycles. The Bertz CT molecular complexity index is 938. The number of anilines is 2. The van der Waals surface area contributed by atoms with Crippen molar-refractivity contribution in [1.29, 1.82) is 0 Å². The fourth-order valence-corrected chi connectivity index (χ4v) is 3.68. The van der Waals surface area contributed by atoms with Crippen LogP contribution in [0.4, 0.5) is 24.8 Å². The Morgan fingerprint density at radius 3 is 2.62 bits per heavy atom. The number of rotatable bonds is 4. The topological polar surface area (TPSA) is 58.6 Å². The number of pyridine rings is 2. The van der Waals surface area contributed by atoms with Crippen LogP contribution < -0.4 is 9.80 Å². The van der Waals surface area contributed by atoms with E-state index in [4.69, 9.17) is 4.74 Å². The Morgan fingerprint density at radius 1 is 1.17 bits per heavy atom. The molecule has 0 amide bonds. The van der Waals surface area contributed by atoms with Gasteiger partial charge in [0.05, 0.1) is 13.2 Å². The monoisotopic (exact) mass is 406 g/mol.